The fraction of sp³-hybridized carbons (Fsp3) is 0.174. The second kappa shape index (κ2) is 7.14. The van der Waals surface area contributed by atoms with E-state index in [1.807, 2.05) is 65.6 Å². The van der Waals surface area contributed by atoms with Gasteiger partial charge in [-0.25, -0.2) is 4.68 Å². The van der Waals surface area contributed by atoms with Gasteiger partial charge in [-0.05, 0) is 12.1 Å². The first-order valence-corrected chi connectivity index (χ1v) is 9.61. The summed E-state index contributed by atoms with van der Waals surface area (Å²) in [6.45, 7) is 2.27. The minimum atomic E-state index is -0.209. The number of morpholine rings is 1. The third kappa shape index (κ3) is 2.98. The van der Waals surface area contributed by atoms with Crippen LogP contribution in [-0.2, 0) is 4.74 Å². The summed E-state index contributed by atoms with van der Waals surface area (Å²) in [5.74, 6) is -0.373. The molecule has 1 fully saturated rings. The molecule has 2 aliphatic rings. The first-order chi connectivity index (χ1) is 14.2. The maximum absolute atomic E-state index is 13.5. The number of carbonyl (C=O) groups is 2. The van der Waals surface area contributed by atoms with E-state index in [1.54, 1.807) is 4.68 Å². The Kier molecular flexibility index (Phi) is 4.33. The van der Waals surface area contributed by atoms with E-state index in [0.29, 0.717) is 49.0 Å². The number of para-hydroxylation sites is 1. The molecule has 0 atom stereocenters. The number of rotatable bonds is 3. The van der Waals surface area contributed by atoms with Crippen molar-refractivity contribution in [3.63, 3.8) is 0 Å². The standard InChI is InChI=1S/C23H19N3O3/c27-19-15-18(25-11-13-29-14-12-25)23(28)20-21(16-7-3-1-4-8-16)24-26(22(19)20)17-9-5-2-6-10-17/h1-10,15H,11-14H2. The Bertz CT molecular complexity index is 1110. The number of hydrogen-bond acceptors (Lipinski definition) is 5. The number of nitrogens with zero attached hydrogens (tertiary/aromatic N) is 3. The van der Waals surface area contributed by atoms with Gasteiger partial charge < -0.3 is 9.64 Å². The third-order valence-electron chi connectivity index (χ3n) is 5.25. The summed E-state index contributed by atoms with van der Waals surface area (Å²) in [4.78, 5) is 28.7. The second-order valence-corrected chi connectivity index (χ2v) is 7.01. The van der Waals surface area contributed by atoms with E-state index < -0.39 is 0 Å². The smallest absolute Gasteiger partial charge is 0.213 e. The topological polar surface area (TPSA) is 64.4 Å². The van der Waals surface area contributed by atoms with Crippen LogP contribution in [0, 0.1) is 0 Å². The number of allylic oxidation sites excluding steroid dienone is 2. The van der Waals surface area contributed by atoms with Crippen LogP contribution in [0.15, 0.2) is 72.4 Å². The van der Waals surface area contributed by atoms with Crippen LogP contribution in [0.3, 0.4) is 0 Å². The first-order valence-electron chi connectivity index (χ1n) is 9.61. The van der Waals surface area contributed by atoms with Crippen LogP contribution in [0.5, 0.6) is 0 Å². The van der Waals surface area contributed by atoms with Crippen LogP contribution in [0.4, 0.5) is 0 Å². The lowest BCUT2D eigenvalue weighted by Gasteiger charge is -2.31. The van der Waals surface area contributed by atoms with Gasteiger partial charge in [-0.2, -0.15) is 5.10 Å². The molecule has 0 saturated carbocycles. The molecule has 2 heterocycles. The second-order valence-electron chi connectivity index (χ2n) is 7.01. The van der Waals surface area contributed by atoms with Crippen molar-refractivity contribution >= 4 is 11.6 Å². The Hall–Kier alpha value is -3.51. The van der Waals surface area contributed by atoms with Gasteiger partial charge >= 0.3 is 0 Å². The van der Waals surface area contributed by atoms with Gasteiger partial charge in [-0.3, -0.25) is 9.59 Å². The third-order valence-corrected chi connectivity index (χ3v) is 5.25. The molecule has 0 N–H and O–H groups in total. The molecular weight excluding hydrogens is 366 g/mol. The largest absolute Gasteiger partial charge is 0.378 e. The summed E-state index contributed by atoms with van der Waals surface area (Å²) in [7, 11) is 0. The summed E-state index contributed by atoms with van der Waals surface area (Å²) in [5, 5.41) is 4.71. The maximum Gasteiger partial charge on any atom is 0.213 e. The number of aromatic nitrogens is 2. The molecule has 6 heteroatoms. The lowest BCUT2D eigenvalue weighted by Crippen LogP contribution is -2.39. The molecular formula is C23H19N3O3. The van der Waals surface area contributed by atoms with Crippen molar-refractivity contribution in [2.24, 2.45) is 0 Å². The fourth-order valence-electron chi connectivity index (χ4n) is 3.84. The Morgan fingerprint density at radius 3 is 2.21 bits per heavy atom. The Morgan fingerprint density at radius 2 is 1.52 bits per heavy atom. The van der Waals surface area contributed by atoms with Crippen LogP contribution < -0.4 is 0 Å². The van der Waals surface area contributed by atoms with Crippen molar-refractivity contribution in [3.05, 3.63) is 83.7 Å². The van der Waals surface area contributed by atoms with Crippen molar-refractivity contribution in [1.29, 1.82) is 0 Å². The van der Waals surface area contributed by atoms with E-state index >= 15 is 0 Å². The minimum Gasteiger partial charge on any atom is -0.378 e. The van der Waals surface area contributed by atoms with Gasteiger partial charge in [0.1, 0.15) is 11.4 Å². The number of benzene rings is 2. The van der Waals surface area contributed by atoms with E-state index in [4.69, 9.17) is 9.84 Å². The molecule has 0 radical (unpaired) electrons. The van der Waals surface area contributed by atoms with E-state index in [0.717, 1.165) is 11.3 Å². The number of carbonyl (C=O) groups excluding carboxylic acids is 2. The molecule has 1 aliphatic heterocycles. The van der Waals surface area contributed by atoms with Crippen LogP contribution in [0.1, 0.15) is 20.8 Å². The van der Waals surface area contributed by atoms with Crippen LogP contribution in [0.2, 0.25) is 0 Å². The van der Waals surface area contributed by atoms with Crippen molar-refractivity contribution in [1.82, 2.24) is 14.7 Å². The summed E-state index contributed by atoms with van der Waals surface area (Å²) >= 11 is 0. The molecule has 0 spiro atoms. The minimum absolute atomic E-state index is 0.164. The summed E-state index contributed by atoms with van der Waals surface area (Å²) in [6, 6.07) is 18.9. The van der Waals surface area contributed by atoms with Gasteiger partial charge in [0.15, 0.2) is 0 Å². The number of fused-ring (bicyclic) bond motifs is 1. The molecule has 0 bridgehead atoms. The van der Waals surface area contributed by atoms with Crippen molar-refractivity contribution in [2.45, 2.75) is 0 Å². The van der Waals surface area contributed by atoms with E-state index in [-0.39, 0.29) is 11.6 Å². The van der Waals surface area contributed by atoms with Gasteiger partial charge in [-0.1, -0.05) is 48.5 Å². The predicted molar refractivity (Wildman–Crippen MR) is 108 cm³/mol. The molecule has 0 unspecified atom stereocenters. The van der Waals surface area contributed by atoms with Crippen molar-refractivity contribution < 1.29 is 14.3 Å². The highest BCUT2D eigenvalue weighted by molar-refractivity contribution is 6.26. The van der Waals surface area contributed by atoms with Gasteiger partial charge in [0, 0.05) is 24.7 Å². The van der Waals surface area contributed by atoms with Crippen LogP contribution in [-0.4, -0.2) is 52.6 Å². The highest BCUT2D eigenvalue weighted by atomic mass is 16.5. The van der Waals surface area contributed by atoms with Gasteiger partial charge in [0.2, 0.25) is 11.6 Å². The maximum atomic E-state index is 13.5. The van der Waals surface area contributed by atoms with Crippen LogP contribution in [0.25, 0.3) is 16.9 Å². The molecule has 144 valence electrons. The van der Waals surface area contributed by atoms with Gasteiger partial charge in [-0.15, -0.1) is 0 Å². The number of hydrogen-bond donors (Lipinski definition) is 0. The average molecular weight is 385 g/mol. The van der Waals surface area contributed by atoms with E-state index in [1.165, 1.54) is 6.08 Å². The lowest BCUT2D eigenvalue weighted by atomic mass is 9.93. The normalized spacial score (nSPS) is 16.6. The summed E-state index contributed by atoms with van der Waals surface area (Å²) in [5.41, 5.74) is 3.20. The zero-order chi connectivity index (χ0) is 19.8. The fourth-order valence-corrected chi connectivity index (χ4v) is 3.84. The Balaban J connectivity index is 1.71. The SMILES string of the molecule is O=C1C(N2CCOCC2)=CC(=O)c2c1c(-c1ccccc1)nn2-c1ccccc1. The molecule has 0 amide bonds. The Morgan fingerprint density at radius 1 is 0.862 bits per heavy atom. The van der Waals surface area contributed by atoms with Crippen molar-refractivity contribution in [3.8, 4) is 16.9 Å². The van der Waals surface area contributed by atoms with Gasteiger partial charge in [0.05, 0.1) is 30.2 Å². The number of Topliss-reactive ketones (excluding diaryl/α,β-unsaturated/α-hetero) is 1. The quantitative estimate of drug-likeness (QED) is 0.693. The summed E-state index contributed by atoms with van der Waals surface area (Å²) < 4.78 is 6.98. The highest BCUT2D eigenvalue weighted by Gasteiger charge is 2.36. The molecule has 1 saturated heterocycles. The highest BCUT2D eigenvalue weighted by Crippen LogP contribution is 2.33. The summed E-state index contributed by atoms with van der Waals surface area (Å²) in [6.07, 6.45) is 1.45. The van der Waals surface area contributed by atoms with Gasteiger partial charge in [0.25, 0.3) is 0 Å². The molecule has 1 aromatic heterocycles. The molecule has 3 aromatic rings. The Labute approximate surface area is 168 Å². The zero-order valence-electron chi connectivity index (χ0n) is 15.7. The molecule has 1 aliphatic carbocycles. The molecule has 2 aromatic carbocycles. The molecule has 29 heavy (non-hydrogen) atoms. The zero-order valence-corrected chi connectivity index (χ0v) is 15.7. The average Bonchev–Trinajstić information content (AvgIpc) is 3.20. The lowest BCUT2D eigenvalue weighted by molar-refractivity contribution is 0.0501. The van der Waals surface area contributed by atoms with E-state index in [9.17, 15) is 9.59 Å². The van der Waals surface area contributed by atoms with Crippen molar-refractivity contribution in [2.75, 3.05) is 26.3 Å². The monoisotopic (exact) mass is 385 g/mol. The number of ketones is 2. The molecule has 6 nitrogen and oxygen atoms in total. The first kappa shape index (κ1) is 17.6. The van der Waals surface area contributed by atoms with Crippen LogP contribution >= 0.6 is 0 Å². The predicted octanol–water partition coefficient (Wildman–Crippen LogP) is 3.13. The van der Waals surface area contributed by atoms with E-state index in [2.05, 4.69) is 0 Å². The number of ether oxygens (including phenoxy) is 1. The molecule has 5 rings (SSSR count).